The first-order chi connectivity index (χ1) is 7.48. The number of H-pyrrole nitrogens is 1. The molecule has 7 nitrogen and oxygen atoms in total. The molecule has 0 spiro atoms. The van der Waals surface area contributed by atoms with Gasteiger partial charge in [-0.3, -0.25) is 0 Å². The second-order valence-corrected chi connectivity index (χ2v) is 4.66. The number of aromatic nitrogens is 5. The Morgan fingerprint density at radius 3 is 2.75 bits per heavy atom. The van der Waals surface area contributed by atoms with E-state index in [0.29, 0.717) is 17.4 Å². The summed E-state index contributed by atoms with van der Waals surface area (Å²) in [6.45, 7) is 6.03. The summed E-state index contributed by atoms with van der Waals surface area (Å²) in [6.07, 6.45) is 1.53. The van der Waals surface area contributed by atoms with E-state index in [0.717, 1.165) is 0 Å². The smallest absolute Gasteiger partial charge is 0.244 e. The lowest BCUT2D eigenvalue weighted by Gasteiger charge is -2.23. The Morgan fingerprint density at radius 1 is 1.44 bits per heavy atom. The Bertz CT molecular complexity index is 455. The number of aromatic amines is 1. The van der Waals surface area contributed by atoms with Crippen LogP contribution in [-0.4, -0.2) is 25.6 Å². The molecule has 2 aromatic rings. The van der Waals surface area contributed by atoms with Gasteiger partial charge in [-0.15, -0.1) is 0 Å². The highest BCUT2D eigenvalue weighted by Crippen LogP contribution is 2.29. The third-order valence-corrected chi connectivity index (χ3v) is 2.28. The summed E-state index contributed by atoms with van der Waals surface area (Å²) in [5, 5.41) is 13.8. The van der Waals surface area contributed by atoms with E-state index in [1.807, 2.05) is 20.8 Å². The van der Waals surface area contributed by atoms with Crippen molar-refractivity contribution in [3.63, 3.8) is 0 Å². The Balaban J connectivity index is 2.27. The van der Waals surface area contributed by atoms with Gasteiger partial charge in [0.15, 0.2) is 5.69 Å². The van der Waals surface area contributed by atoms with Crippen LogP contribution in [0.1, 0.15) is 32.7 Å². The van der Waals surface area contributed by atoms with Crippen LogP contribution in [-0.2, 0) is 0 Å². The van der Waals surface area contributed by atoms with Gasteiger partial charge in [-0.05, 0) is 5.41 Å². The Hall–Kier alpha value is -1.76. The first-order valence-electron chi connectivity index (χ1n) is 4.94. The van der Waals surface area contributed by atoms with Crippen LogP contribution in [0.2, 0.25) is 0 Å². The molecule has 0 amide bonds. The predicted octanol–water partition coefficient (Wildman–Crippen LogP) is 0.901. The van der Waals surface area contributed by atoms with E-state index in [4.69, 9.17) is 10.3 Å². The molecule has 0 radical (unpaired) electrons. The van der Waals surface area contributed by atoms with E-state index in [1.54, 1.807) is 0 Å². The van der Waals surface area contributed by atoms with Crippen molar-refractivity contribution in [2.75, 3.05) is 0 Å². The fourth-order valence-electron chi connectivity index (χ4n) is 1.15. The van der Waals surface area contributed by atoms with Gasteiger partial charge in [0.05, 0.1) is 12.2 Å². The van der Waals surface area contributed by atoms with Gasteiger partial charge >= 0.3 is 0 Å². The van der Waals surface area contributed by atoms with Crippen molar-refractivity contribution in [1.82, 2.24) is 25.6 Å². The zero-order chi connectivity index (χ0) is 11.8. The maximum Gasteiger partial charge on any atom is 0.244 e. The normalized spacial score (nSPS) is 14.0. The fourth-order valence-corrected chi connectivity index (χ4v) is 1.15. The van der Waals surface area contributed by atoms with Crippen LogP contribution in [0.15, 0.2) is 10.7 Å². The van der Waals surface area contributed by atoms with Crippen molar-refractivity contribution in [2.24, 2.45) is 11.1 Å². The number of hydrogen-bond donors (Lipinski definition) is 2. The molecule has 16 heavy (non-hydrogen) atoms. The Morgan fingerprint density at radius 2 is 2.19 bits per heavy atom. The van der Waals surface area contributed by atoms with Gasteiger partial charge in [0.1, 0.15) is 0 Å². The molecule has 1 atom stereocenters. The average molecular weight is 222 g/mol. The summed E-state index contributed by atoms with van der Waals surface area (Å²) in [5.74, 6) is 0.800. The number of hydrogen-bond acceptors (Lipinski definition) is 6. The summed E-state index contributed by atoms with van der Waals surface area (Å²) < 4.78 is 5.11. The molecule has 0 aliphatic rings. The van der Waals surface area contributed by atoms with Crippen molar-refractivity contribution in [3.05, 3.63) is 12.1 Å². The van der Waals surface area contributed by atoms with Crippen LogP contribution in [0.4, 0.5) is 0 Å². The van der Waals surface area contributed by atoms with Crippen LogP contribution in [0.25, 0.3) is 11.5 Å². The highest BCUT2D eigenvalue weighted by atomic mass is 16.5. The first-order valence-corrected chi connectivity index (χ1v) is 4.94. The van der Waals surface area contributed by atoms with Gasteiger partial charge in [0, 0.05) is 0 Å². The molecule has 0 bridgehead atoms. The van der Waals surface area contributed by atoms with Gasteiger partial charge in [-0.2, -0.15) is 20.4 Å². The molecule has 3 N–H and O–H groups in total. The molecular weight excluding hydrogens is 208 g/mol. The van der Waals surface area contributed by atoms with Gasteiger partial charge in [0.25, 0.3) is 0 Å². The maximum atomic E-state index is 6.00. The minimum absolute atomic E-state index is 0.131. The number of nitrogens with two attached hydrogens (primary N) is 1. The van der Waals surface area contributed by atoms with E-state index in [1.165, 1.54) is 6.20 Å². The minimum atomic E-state index is -0.305. The second kappa shape index (κ2) is 3.67. The Kier molecular flexibility index (Phi) is 2.47. The highest BCUT2D eigenvalue weighted by molar-refractivity contribution is 5.44. The van der Waals surface area contributed by atoms with Crippen molar-refractivity contribution in [3.8, 4) is 11.5 Å². The van der Waals surface area contributed by atoms with E-state index in [2.05, 4.69) is 25.6 Å². The van der Waals surface area contributed by atoms with Crippen LogP contribution < -0.4 is 5.73 Å². The molecule has 2 rings (SSSR count). The standard InChI is InChI=1S/C9H14N6O/c1-9(2,3)6(10)8-12-7(14-16-8)5-4-11-15-13-5/h4,6H,10H2,1-3H3,(H,11,13,15). The zero-order valence-corrected chi connectivity index (χ0v) is 9.43. The summed E-state index contributed by atoms with van der Waals surface area (Å²) in [5.41, 5.74) is 6.41. The lowest BCUT2D eigenvalue weighted by molar-refractivity contribution is 0.253. The third-order valence-electron chi connectivity index (χ3n) is 2.28. The molecule has 0 saturated heterocycles. The Labute approximate surface area is 92.4 Å². The molecular formula is C9H14N6O. The zero-order valence-electron chi connectivity index (χ0n) is 9.43. The van der Waals surface area contributed by atoms with Crippen LogP contribution >= 0.6 is 0 Å². The van der Waals surface area contributed by atoms with Gasteiger partial charge in [-0.25, -0.2) is 0 Å². The van der Waals surface area contributed by atoms with Crippen LogP contribution in [0, 0.1) is 5.41 Å². The highest BCUT2D eigenvalue weighted by Gasteiger charge is 2.28. The SMILES string of the molecule is CC(C)(C)C(N)c1nc(-c2cn[nH]n2)no1. The van der Waals surface area contributed by atoms with Gasteiger partial charge in [-0.1, -0.05) is 25.9 Å². The summed E-state index contributed by atoms with van der Waals surface area (Å²) in [4.78, 5) is 4.19. The maximum absolute atomic E-state index is 6.00. The molecule has 7 heteroatoms. The molecule has 0 aliphatic carbocycles. The molecule has 2 aromatic heterocycles. The monoisotopic (exact) mass is 222 g/mol. The molecule has 0 aromatic carbocycles. The predicted molar refractivity (Wildman–Crippen MR) is 56.1 cm³/mol. The van der Waals surface area contributed by atoms with Crippen LogP contribution in [0.5, 0.6) is 0 Å². The number of nitrogens with one attached hydrogen (secondary N) is 1. The largest absolute Gasteiger partial charge is 0.337 e. The molecule has 0 aliphatic heterocycles. The summed E-state index contributed by atoms with van der Waals surface area (Å²) >= 11 is 0. The molecule has 0 fully saturated rings. The summed E-state index contributed by atoms with van der Waals surface area (Å²) in [7, 11) is 0. The van der Waals surface area contributed by atoms with E-state index < -0.39 is 0 Å². The van der Waals surface area contributed by atoms with Crippen molar-refractivity contribution >= 4 is 0 Å². The van der Waals surface area contributed by atoms with Crippen molar-refractivity contribution in [2.45, 2.75) is 26.8 Å². The molecule has 1 unspecified atom stereocenters. The molecule has 86 valence electrons. The third kappa shape index (κ3) is 1.94. The second-order valence-electron chi connectivity index (χ2n) is 4.66. The number of rotatable bonds is 2. The molecule has 0 saturated carbocycles. The van der Waals surface area contributed by atoms with Gasteiger partial charge < -0.3 is 10.3 Å². The van der Waals surface area contributed by atoms with E-state index >= 15 is 0 Å². The van der Waals surface area contributed by atoms with Gasteiger partial charge in [0.2, 0.25) is 11.7 Å². The topological polar surface area (TPSA) is 107 Å². The van der Waals surface area contributed by atoms with Crippen LogP contribution in [0.3, 0.4) is 0 Å². The number of nitrogens with zero attached hydrogens (tertiary/aromatic N) is 4. The first kappa shape index (κ1) is 10.7. The average Bonchev–Trinajstić information content (AvgIpc) is 2.85. The summed E-state index contributed by atoms with van der Waals surface area (Å²) in [6, 6.07) is -0.305. The van der Waals surface area contributed by atoms with Crippen molar-refractivity contribution in [1.29, 1.82) is 0 Å². The lowest BCUT2D eigenvalue weighted by atomic mass is 9.87. The van der Waals surface area contributed by atoms with Crippen molar-refractivity contribution < 1.29 is 4.52 Å². The molecule has 2 heterocycles. The minimum Gasteiger partial charge on any atom is -0.337 e. The quantitative estimate of drug-likeness (QED) is 0.781. The van der Waals surface area contributed by atoms with E-state index in [-0.39, 0.29) is 11.5 Å². The lowest BCUT2D eigenvalue weighted by Crippen LogP contribution is -2.26. The van der Waals surface area contributed by atoms with E-state index in [9.17, 15) is 0 Å². The fraction of sp³-hybridized carbons (Fsp3) is 0.556.